The maximum absolute atomic E-state index is 13.2. The number of amides is 5. The van der Waals surface area contributed by atoms with Crippen molar-refractivity contribution in [3.63, 3.8) is 0 Å². The van der Waals surface area contributed by atoms with Gasteiger partial charge in [-0.1, -0.05) is 12.5 Å². The van der Waals surface area contributed by atoms with Crippen LogP contribution in [0.15, 0.2) is 18.2 Å². The molecule has 1 aromatic carbocycles. The smallest absolute Gasteiger partial charge is 0.264 e. The molecular weight excluding hydrogens is 869 g/mol. The Morgan fingerprint density at radius 3 is 1.38 bits per heavy atom. The van der Waals surface area contributed by atoms with E-state index >= 15 is 0 Å². The van der Waals surface area contributed by atoms with Gasteiger partial charge in [0.2, 0.25) is 17.7 Å². The Bertz CT molecular complexity index is 1510. The number of imide groups is 2. The van der Waals surface area contributed by atoms with Gasteiger partial charge in [-0.15, -0.1) is 0 Å². The summed E-state index contributed by atoms with van der Waals surface area (Å²) in [5, 5.41) is 4.91. The van der Waals surface area contributed by atoms with Crippen LogP contribution in [0.4, 0.5) is 5.69 Å². The van der Waals surface area contributed by atoms with Gasteiger partial charge >= 0.3 is 0 Å². The average Bonchev–Trinajstić information content (AvgIpc) is 3.55. The maximum Gasteiger partial charge on any atom is 0.264 e. The summed E-state index contributed by atoms with van der Waals surface area (Å²) in [4.78, 5) is 65.7. The molecule has 376 valence electrons. The number of rotatable bonds is 44. The number of piperidine rings is 1. The van der Waals surface area contributed by atoms with Crippen molar-refractivity contribution in [2.24, 2.45) is 0 Å². The molecule has 21 heteroatoms. The Balaban J connectivity index is 0.966. The molecule has 1 aromatic rings. The van der Waals surface area contributed by atoms with Gasteiger partial charge in [0.05, 0.1) is 169 Å². The van der Waals surface area contributed by atoms with Crippen molar-refractivity contribution in [3.05, 3.63) is 29.3 Å². The Morgan fingerprint density at radius 2 is 0.970 bits per heavy atom. The van der Waals surface area contributed by atoms with E-state index in [0.717, 1.165) is 24.3 Å². The lowest BCUT2D eigenvalue weighted by Crippen LogP contribution is -2.54. The topological polar surface area (TPSA) is 227 Å². The van der Waals surface area contributed by atoms with Gasteiger partial charge in [-0.05, 0) is 45.5 Å². The summed E-state index contributed by atoms with van der Waals surface area (Å²) in [5.74, 6) is -2.72. The lowest BCUT2D eigenvalue weighted by Gasteiger charge is -2.27. The molecule has 0 spiro atoms. The van der Waals surface area contributed by atoms with Crippen molar-refractivity contribution < 1.29 is 80.8 Å². The quantitative estimate of drug-likeness (QED) is 0.0696. The fraction of sp³-hybridized carbons (Fsp3) is 0.756. The van der Waals surface area contributed by atoms with Crippen LogP contribution in [-0.4, -0.2) is 225 Å². The van der Waals surface area contributed by atoms with E-state index < -0.39 is 29.7 Å². The highest BCUT2D eigenvalue weighted by molar-refractivity contribution is 6.26. The van der Waals surface area contributed by atoms with Crippen molar-refractivity contribution >= 4 is 35.2 Å². The van der Waals surface area contributed by atoms with Gasteiger partial charge in [-0.2, -0.15) is 0 Å². The largest absolute Gasteiger partial charge is 0.379 e. The van der Waals surface area contributed by atoms with Gasteiger partial charge in [0.15, 0.2) is 0 Å². The number of nitrogens with zero attached hydrogens (tertiary/aromatic N) is 2. The summed E-state index contributed by atoms with van der Waals surface area (Å²) in [5.41, 5.74) is 0.378. The lowest BCUT2D eigenvalue weighted by atomic mass is 10.0. The van der Waals surface area contributed by atoms with Crippen molar-refractivity contribution in [2.45, 2.75) is 44.6 Å². The molecule has 66 heavy (non-hydrogen) atoms. The molecule has 0 aliphatic carbocycles. The number of hydrogen-bond acceptors (Lipinski definition) is 18. The Labute approximate surface area is 388 Å². The third-order valence-corrected chi connectivity index (χ3v) is 9.71. The van der Waals surface area contributed by atoms with Crippen LogP contribution in [0.1, 0.15) is 59.2 Å². The summed E-state index contributed by atoms with van der Waals surface area (Å²) < 4.78 is 66.0. The second-order valence-electron chi connectivity index (χ2n) is 15.2. The molecule has 2 aliphatic heterocycles. The monoisotopic (exact) mass is 943 g/mol. The van der Waals surface area contributed by atoms with Crippen molar-refractivity contribution in [2.75, 3.05) is 185 Å². The molecule has 1 saturated heterocycles. The molecule has 2 heterocycles. The average molecular weight is 943 g/mol. The predicted molar refractivity (Wildman–Crippen MR) is 239 cm³/mol. The molecular formula is C45H74N4O17. The lowest BCUT2D eigenvalue weighted by molar-refractivity contribution is -0.136. The fourth-order valence-electron chi connectivity index (χ4n) is 6.27. The number of carbonyl (C=O) groups excluding carboxylic acids is 5. The molecule has 0 bridgehead atoms. The van der Waals surface area contributed by atoms with Crippen molar-refractivity contribution in [1.29, 1.82) is 0 Å². The van der Waals surface area contributed by atoms with Gasteiger partial charge in [0, 0.05) is 26.0 Å². The summed E-state index contributed by atoms with van der Waals surface area (Å²) in [6.45, 7) is 12.9. The zero-order chi connectivity index (χ0) is 47.3. The number of benzene rings is 1. The van der Waals surface area contributed by atoms with E-state index in [0.29, 0.717) is 165 Å². The van der Waals surface area contributed by atoms with Crippen LogP contribution >= 0.6 is 0 Å². The number of fused-ring (bicyclic) bond motifs is 1. The zero-order valence-corrected chi connectivity index (χ0v) is 39.1. The molecule has 21 nitrogen and oxygen atoms in total. The molecule has 0 saturated carbocycles. The first-order valence-corrected chi connectivity index (χ1v) is 23.0. The molecule has 0 aromatic heterocycles. The number of carbonyl (C=O) groups is 5. The highest BCUT2D eigenvalue weighted by Crippen LogP contribution is 2.32. The summed E-state index contributed by atoms with van der Waals surface area (Å²) in [7, 11) is 4.03. The van der Waals surface area contributed by atoms with E-state index in [9.17, 15) is 24.0 Å². The third-order valence-electron chi connectivity index (χ3n) is 9.71. The number of nitrogens with one attached hydrogen (secondary N) is 2. The van der Waals surface area contributed by atoms with Crippen LogP contribution in [0, 0.1) is 0 Å². The third kappa shape index (κ3) is 25.5. The summed E-state index contributed by atoms with van der Waals surface area (Å²) in [6, 6.07) is 3.53. The van der Waals surface area contributed by atoms with Crippen LogP contribution in [-0.2, 0) is 71.2 Å². The Morgan fingerprint density at radius 1 is 0.561 bits per heavy atom. The molecule has 3 rings (SSSR count). The second kappa shape index (κ2) is 37.4. The molecule has 1 atom stereocenters. The van der Waals surface area contributed by atoms with Crippen LogP contribution in [0.25, 0.3) is 0 Å². The first kappa shape index (κ1) is 56.8. The normalized spacial score (nSPS) is 15.0. The second-order valence-corrected chi connectivity index (χ2v) is 15.2. The van der Waals surface area contributed by atoms with Crippen LogP contribution < -0.4 is 10.6 Å². The number of hydrogen-bond donors (Lipinski definition) is 2. The zero-order valence-electron chi connectivity index (χ0n) is 39.1. The predicted octanol–water partition coefficient (Wildman–Crippen LogP) is 1.35. The van der Waals surface area contributed by atoms with E-state index in [-0.39, 0.29) is 42.0 Å². The van der Waals surface area contributed by atoms with Gasteiger partial charge < -0.3 is 67.1 Å². The molecule has 5 amide bonds. The minimum absolute atomic E-state index is 0.0266. The Kier molecular flexibility index (Phi) is 32.2. The van der Waals surface area contributed by atoms with Gasteiger partial charge in [-0.3, -0.25) is 34.2 Å². The van der Waals surface area contributed by atoms with Gasteiger partial charge in [0.25, 0.3) is 11.8 Å². The van der Waals surface area contributed by atoms with Crippen molar-refractivity contribution in [1.82, 2.24) is 15.1 Å². The molecule has 1 fully saturated rings. The van der Waals surface area contributed by atoms with Crippen LogP contribution in [0.3, 0.4) is 0 Å². The number of likely N-dealkylation sites (N-methyl/N-ethyl adjacent to an activating group) is 1. The van der Waals surface area contributed by atoms with E-state index in [1.165, 1.54) is 6.07 Å². The number of unbranched alkanes of at least 4 members (excludes halogenated alkanes) is 2. The van der Waals surface area contributed by atoms with Gasteiger partial charge in [-0.25, -0.2) is 0 Å². The minimum atomic E-state index is -1.08. The highest BCUT2D eigenvalue weighted by Gasteiger charge is 2.45. The number of anilines is 1. The van der Waals surface area contributed by atoms with Gasteiger partial charge in [0.1, 0.15) is 6.04 Å². The van der Waals surface area contributed by atoms with E-state index in [1.807, 2.05) is 14.1 Å². The number of ether oxygens (including phenoxy) is 12. The molecule has 1 unspecified atom stereocenters. The van der Waals surface area contributed by atoms with E-state index in [4.69, 9.17) is 56.8 Å². The van der Waals surface area contributed by atoms with E-state index in [2.05, 4.69) is 15.5 Å². The van der Waals surface area contributed by atoms with Crippen LogP contribution in [0.5, 0.6) is 0 Å². The molecule has 0 radical (unpaired) electrons. The fourth-order valence-corrected chi connectivity index (χ4v) is 6.27. The maximum atomic E-state index is 13.2. The summed E-state index contributed by atoms with van der Waals surface area (Å²) >= 11 is 0. The minimum Gasteiger partial charge on any atom is -0.379 e. The van der Waals surface area contributed by atoms with Crippen LogP contribution in [0.2, 0.25) is 0 Å². The molecule has 2 aliphatic rings. The summed E-state index contributed by atoms with van der Waals surface area (Å²) in [6.07, 6.45) is 2.44. The standard InChI is InChI=1S/C45H74N4O17/c1-48(2)12-14-56-16-18-58-20-22-60-24-26-62-28-30-64-32-34-66-36-35-65-33-31-63-29-27-61-25-23-59-21-19-57-17-15-55-13-5-3-4-9-40(50)46-38-8-6-7-37-42(38)45(54)49(44(37)53)39-10-11-41(51)47-43(39)52/h6-8,39H,3-5,9-36H2,1-2H3,(H,46,50)(H,47,51,52). The SMILES string of the molecule is CN(C)CCOCCOCCOCCOCCOCCOCCOCCOCCOCCOCCOCCOCCCCCC(=O)Nc1cccc2c1C(=O)N(C1CCC(=O)NC1=O)C2=O. The van der Waals surface area contributed by atoms with E-state index in [1.54, 1.807) is 12.1 Å². The van der Waals surface area contributed by atoms with Crippen molar-refractivity contribution in [3.8, 4) is 0 Å². The first-order valence-electron chi connectivity index (χ1n) is 23.0. The first-order chi connectivity index (χ1) is 32.3. The molecule has 2 N–H and O–H groups in total. The highest BCUT2D eigenvalue weighted by atomic mass is 16.6. The Hall–Kier alpha value is -3.55.